The monoisotopic (exact) mass is 408 g/mol. The number of rotatable bonds is 2. The highest BCUT2D eigenvalue weighted by atomic mass is 35.5. The van der Waals surface area contributed by atoms with Gasteiger partial charge in [-0.25, -0.2) is 0 Å². The van der Waals surface area contributed by atoms with Gasteiger partial charge in [0.2, 0.25) is 0 Å². The number of benzene rings is 2. The van der Waals surface area contributed by atoms with Crippen molar-refractivity contribution in [2.45, 2.75) is 18.9 Å². The minimum Gasteiger partial charge on any atom is -0.340 e. The maximum absolute atomic E-state index is 12.9. The van der Waals surface area contributed by atoms with Crippen LogP contribution in [0.5, 0.6) is 0 Å². The third-order valence-electron chi connectivity index (χ3n) is 5.10. The van der Waals surface area contributed by atoms with Gasteiger partial charge in [0.05, 0.1) is 23.5 Å². The SMILES string of the molecule is O=C1c2ccc(Cl)cc2N/C(=N/N=Cc2cc3ccccc3s2)C2CCCN12. The maximum Gasteiger partial charge on any atom is 0.256 e. The minimum atomic E-state index is -0.0850. The number of hydrogen-bond acceptors (Lipinski definition) is 4. The molecule has 0 spiro atoms. The van der Waals surface area contributed by atoms with E-state index in [2.05, 4.69) is 33.7 Å². The van der Waals surface area contributed by atoms with Crippen LogP contribution in [-0.4, -0.2) is 35.4 Å². The van der Waals surface area contributed by atoms with Gasteiger partial charge in [0.25, 0.3) is 5.91 Å². The number of amides is 1. The lowest BCUT2D eigenvalue weighted by atomic mass is 10.1. The van der Waals surface area contributed by atoms with Gasteiger partial charge in [-0.15, -0.1) is 16.4 Å². The van der Waals surface area contributed by atoms with Gasteiger partial charge in [-0.05, 0) is 48.6 Å². The molecule has 2 aromatic carbocycles. The number of nitrogens with zero attached hydrogens (tertiary/aromatic N) is 3. The van der Waals surface area contributed by atoms with Gasteiger partial charge in [0, 0.05) is 21.1 Å². The first kappa shape index (κ1) is 17.4. The number of thiophene rings is 1. The summed E-state index contributed by atoms with van der Waals surface area (Å²) in [6.45, 7) is 0.728. The molecule has 3 heterocycles. The highest BCUT2D eigenvalue weighted by molar-refractivity contribution is 7.20. The van der Waals surface area contributed by atoms with E-state index in [1.165, 1.54) is 10.1 Å². The van der Waals surface area contributed by atoms with E-state index in [1.807, 2.05) is 17.0 Å². The summed E-state index contributed by atoms with van der Waals surface area (Å²) in [4.78, 5) is 15.8. The maximum atomic E-state index is 12.9. The molecule has 28 heavy (non-hydrogen) atoms. The molecule has 5 nitrogen and oxygen atoms in total. The van der Waals surface area contributed by atoms with Crippen molar-refractivity contribution in [3.63, 3.8) is 0 Å². The zero-order chi connectivity index (χ0) is 19.1. The van der Waals surface area contributed by atoms with Gasteiger partial charge in [0.1, 0.15) is 0 Å². The molecule has 2 aliphatic rings. The molecule has 1 amide bonds. The molecule has 1 aromatic heterocycles. The lowest BCUT2D eigenvalue weighted by molar-refractivity contribution is 0.0773. The predicted octanol–water partition coefficient (Wildman–Crippen LogP) is 5.02. The van der Waals surface area contributed by atoms with E-state index in [4.69, 9.17) is 11.6 Å². The van der Waals surface area contributed by atoms with Crippen molar-refractivity contribution in [3.05, 3.63) is 64.0 Å². The second kappa shape index (κ2) is 7.04. The Kier molecular flexibility index (Phi) is 4.37. The van der Waals surface area contributed by atoms with Gasteiger partial charge in [-0.2, -0.15) is 5.10 Å². The Balaban J connectivity index is 1.49. The summed E-state index contributed by atoms with van der Waals surface area (Å²) in [7, 11) is 0. The van der Waals surface area contributed by atoms with Crippen LogP contribution in [0.25, 0.3) is 10.1 Å². The fraction of sp³-hybridized carbons (Fsp3) is 0.190. The molecule has 3 aromatic rings. The van der Waals surface area contributed by atoms with Crippen molar-refractivity contribution in [2.75, 3.05) is 11.9 Å². The highest BCUT2D eigenvalue weighted by Crippen LogP contribution is 2.31. The van der Waals surface area contributed by atoms with Crippen molar-refractivity contribution in [2.24, 2.45) is 10.2 Å². The normalized spacial score (nSPS) is 20.5. The molecular formula is C21H17ClN4OS. The second-order valence-corrected chi connectivity index (χ2v) is 8.44. The molecule has 1 fully saturated rings. The average molecular weight is 409 g/mol. The van der Waals surface area contributed by atoms with Crippen LogP contribution in [0, 0.1) is 0 Å². The molecule has 0 bridgehead atoms. The van der Waals surface area contributed by atoms with Gasteiger partial charge in [-0.3, -0.25) is 4.79 Å². The third kappa shape index (κ3) is 3.08. The standard InChI is InChI=1S/C21H17ClN4OS/c22-14-7-8-16-17(11-14)24-20(18-5-3-9-26(18)21(16)27)25-23-12-15-10-13-4-1-2-6-19(13)28-15/h1-2,4,6-8,10-12,18H,3,5,9H2,(H,24,25). The molecule has 0 saturated carbocycles. The lowest BCUT2D eigenvalue weighted by Crippen LogP contribution is -2.40. The van der Waals surface area contributed by atoms with Crippen LogP contribution in [0.1, 0.15) is 28.1 Å². The summed E-state index contributed by atoms with van der Waals surface area (Å²) in [6, 6.07) is 15.5. The number of anilines is 1. The van der Waals surface area contributed by atoms with Crippen molar-refractivity contribution in [3.8, 4) is 0 Å². The Morgan fingerprint density at radius 2 is 2.11 bits per heavy atom. The number of fused-ring (bicyclic) bond motifs is 3. The first-order valence-electron chi connectivity index (χ1n) is 9.16. The van der Waals surface area contributed by atoms with Gasteiger partial charge in [0.15, 0.2) is 5.84 Å². The molecule has 0 aliphatic carbocycles. The minimum absolute atomic E-state index is 0.0142. The van der Waals surface area contributed by atoms with Crippen molar-refractivity contribution < 1.29 is 4.79 Å². The number of nitrogens with one attached hydrogen (secondary N) is 1. The fourth-order valence-electron chi connectivity index (χ4n) is 3.78. The van der Waals surface area contributed by atoms with Gasteiger partial charge >= 0.3 is 0 Å². The summed E-state index contributed by atoms with van der Waals surface area (Å²) >= 11 is 7.81. The van der Waals surface area contributed by atoms with Gasteiger partial charge in [-0.1, -0.05) is 29.8 Å². The smallest absolute Gasteiger partial charge is 0.256 e. The quantitative estimate of drug-likeness (QED) is 0.478. The second-order valence-electron chi connectivity index (χ2n) is 6.89. The van der Waals surface area contributed by atoms with E-state index in [1.54, 1.807) is 35.8 Å². The summed E-state index contributed by atoms with van der Waals surface area (Å²) in [5.41, 5.74) is 1.30. The Bertz CT molecular complexity index is 1100. The number of carbonyl (C=O) groups is 1. The molecule has 0 radical (unpaired) electrons. The van der Waals surface area contributed by atoms with E-state index in [9.17, 15) is 4.79 Å². The fourth-order valence-corrected chi connectivity index (χ4v) is 4.89. The highest BCUT2D eigenvalue weighted by Gasteiger charge is 2.37. The zero-order valence-electron chi connectivity index (χ0n) is 14.9. The molecule has 5 rings (SSSR count). The summed E-state index contributed by atoms with van der Waals surface area (Å²) in [5.74, 6) is 0.699. The molecule has 140 valence electrons. The van der Waals surface area contributed by atoms with Crippen molar-refractivity contribution >= 4 is 56.7 Å². The molecule has 1 N–H and O–H groups in total. The Hall–Kier alpha value is -2.70. The topological polar surface area (TPSA) is 57.1 Å². The lowest BCUT2D eigenvalue weighted by Gasteiger charge is -2.21. The summed E-state index contributed by atoms with van der Waals surface area (Å²) in [6.07, 6.45) is 3.60. The summed E-state index contributed by atoms with van der Waals surface area (Å²) in [5, 5.41) is 13.9. The van der Waals surface area contributed by atoms with Crippen LogP contribution in [0.3, 0.4) is 0 Å². The first-order chi connectivity index (χ1) is 13.7. The van der Waals surface area contributed by atoms with E-state index in [-0.39, 0.29) is 11.9 Å². The number of amidine groups is 1. The van der Waals surface area contributed by atoms with Crippen LogP contribution in [0.4, 0.5) is 5.69 Å². The van der Waals surface area contributed by atoms with Crippen LogP contribution >= 0.6 is 22.9 Å². The van der Waals surface area contributed by atoms with Crippen LogP contribution in [0.2, 0.25) is 5.02 Å². The molecule has 7 heteroatoms. The van der Waals surface area contributed by atoms with Gasteiger partial charge < -0.3 is 10.2 Å². The Morgan fingerprint density at radius 3 is 3.00 bits per heavy atom. The van der Waals surface area contributed by atoms with E-state index < -0.39 is 0 Å². The van der Waals surface area contributed by atoms with Crippen LogP contribution in [-0.2, 0) is 0 Å². The predicted molar refractivity (Wildman–Crippen MR) is 116 cm³/mol. The van der Waals surface area contributed by atoms with Crippen LogP contribution in [0.15, 0.2) is 58.7 Å². The third-order valence-corrected chi connectivity index (χ3v) is 6.38. The molecule has 2 aliphatic heterocycles. The van der Waals surface area contributed by atoms with E-state index in [0.717, 1.165) is 24.3 Å². The van der Waals surface area contributed by atoms with Crippen molar-refractivity contribution in [1.29, 1.82) is 0 Å². The zero-order valence-corrected chi connectivity index (χ0v) is 16.5. The average Bonchev–Trinajstić information content (AvgIpc) is 3.31. The number of hydrogen-bond donors (Lipinski definition) is 1. The van der Waals surface area contributed by atoms with Crippen LogP contribution < -0.4 is 5.32 Å². The largest absolute Gasteiger partial charge is 0.340 e. The Labute approximate surface area is 171 Å². The molecule has 1 saturated heterocycles. The van der Waals surface area contributed by atoms with E-state index >= 15 is 0 Å². The number of carbonyl (C=O) groups excluding carboxylic acids is 1. The number of halogens is 1. The Morgan fingerprint density at radius 1 is 1.21 bits per heavy atom. The first-order valence-corrected chi connectivity index (χ1v) is 10.4. The van der Waals surface area contributed by atoms with Crippen molar-refractivity contribution in [1.82, 2.24) is 4.90 Å². The molecule has 1 atom stereocenters. The molecule has 1 unspecified atom stereocenters. The molecular weight excluding hydrogens is 392 g/mol. The summed E-state index contributed by atoms with van der Waals surface area (Å²) < 4.78 is 1.22. The van der Waals surface area contributed by atoms with E-state index in [0.29, 0.717) is 22.1 Å².